The van der Waals surface area contributed by atoms with Gasteiger partial charge in [0.15, 0.2) is 0 Å². The van der Waals surface area contributed by atoms with Gasteiger partial charge in [-0.1, -0.05) is 24.3 Å². The third-order valence-corrected chi connectivity index (χ3v) is 3.28. The van der Waals surface area contributed by atoms with Gasteiger partial charge in [-0.05, 0) is 25.1 Å². The zero-order valence-corrected chi connectivity index (χ0v) is 11.3. The zero-order chi connectivity index (χ0) is 13.9. The van der Waals surface area contributed by atoms with Gasteiger partial charge in [-0.2, -0.15) is 0 Å². The molecule has 102 valence electrons. The molecular formula is C16H17N3O. The number of para-hydroxylation sites is 1. The van der Waals surface area contributed by atoms with E-state index in [4.69, 9.17) is 0 Å². The fourth-order valence-electron chi connectivity index (χ4n) is 2.28. The lowest BCUT2D eigenvalue weighted by Gasteiger charge is -2.12. The van der Waals surface area contributed by atoms with Gasteiger partial charge in [0.05, 0.1) is 18.3 Å². The molecule has 1 atom stereocenters. The van der Waals surface area contributed by atoms with Gasteiger partial charge in [-0.3, -0.25) is 0 Å². The molecule has 2 aromatic heterocycles. The molecule has 0 saturated carbocycles. The van der Waals surface area contributed by atoms with E-state index in [1.807, 2.05) is 59.3 Å². The number of rotatable bonds is 4. The van der Waals surface area contributed by atoms with Gasteiger partial charge >= 0.3 is 0 Å². The van der Waals surface area contributed by atoms with E-state index < -0.39 is 6.10 Å². The zero-order valence-electron chi connectivity index (χ0n) is 11.3. The molecule has 0 aliphatic rings. The maximum absolute atomic E-state index is 9.76. The van der Waals surface area contributed by atoms with Gasteiger partial charge in [0.2, 0.25) is 0 Å². The summed E-state index contributed by atoms with van der Waals surface area (Å²) >= 11 is 0. The molecule has 1 unspecified atom stereocenters. The van der Waals surface area contributed by atoms with E-state index in [0.717, 1.165) is 22.6 Å². The van der Waals surface area contributed by atoms with Crippen molar-refractivity contribution in [3.8, 4) is 0 Å². The molecule has 0 radical (unpaired) electrons. The van der Waals surface area contributed by atoms with Crippen LogP contribution in [0.25, 0.3) is 5.65 Å². The Morgan fingerprint density at radius 3 is 2.80 bits per heavy atom. The number of nitrogens with one attached hydrogen (secondary N) is 1. The molecule has 20 heavy (non-hydrogen) atoms. The van der Waals surface area contributed by atoms with Crippen molar-refractivity contribution < 1.29 is 5.11 Å². The molecule has 0 bridgehead atoms. The van der Waals surface area contributed by atoms with Gasteiger partial charge in [0.1, 0.15) is 5.65 Å². The molecule has 2 heterocycles. The Morgan fingerprint density at radius 2 is 2.00 bits per heavy atom. The first kappa shape index (κ1) is 12.7. The molecule has 0 fully saturated rings. The van der Waals surface area contributed by atoms with Crippen LogP contribution in [0, 0.1) is 0 Å². The third kappa shape index (κ3) is 2.51. The SMILES string of the molecule is CC(O)c1ccccc1NCc1cn2ccccc2n1. The number of nitrogens with zero attached hydrogens (tertiary/aromatic N) is 2. The third-order valence-electron chi connectivity index (χ3n) is 3.28. The number of anilines is 1. The number of benzene rings is 1. The highest BCUT2D eigenvalue weighted by molar-refractivity contribution is 5.52. The van der Waals surface area contributed by atoms with Crippen LogP contribution in [0.2, 0.25) is 0 Å². The largest absolute Gasteiger partial charge is 0.389 e. The predicted molar refractivity (Wildman–Crippen MR) is 79.6 cm³/mol. The first-order valence-electron chi connectivity index (χ1n) is 6.67. The minimum atomic E-state index is -0.486. The van der Waals surface area contributed by atoms with Gasteiger partial charge in [-0.25, -0.2) is 4.98 Å². The minimum absolute atomic E-state index is 0.486. The Balaban J connectivity index is 1.79. The quantitative estimate of drug-likeness (QED) is 0.764. The minimum Gasteiger partial charge on any atom is -0.389 e. The van der Waals surface area contributed by atoms with E-state index >= 15 is 0 Å². The fraction of sp³-hybridized carbons (Fsp3) is 0.188. The number of aliphatic hydroxyl groups is 1. The van der Waals surface area contributed by atoms with Gasteiger partial charge < -0.3 is 14.8 Å². The Bertz CT molecular complexity index is 685. The second-order valence-electron chi connectivity index (χ2n) is 4.82. The molecule has 0 amide bonds. The Morgan fingerprint density at radius 1 is 1.20 bits per heavy atom. The highest BCUT2D eigenvalue weighted by Gasteiger charge is 2.07. The molecule has 1 aromatic carbocycles. The average Bonchev–Trinajstić information content (AvgIpc) is 2.88. The van der Waals surface area contributed by atoms with Crippen molar-refractivity contribution in [1.29, 1.82) is 0 Å². The van der Waals surface area contributed by atoms with Crippen LogP contribution < -0.4 is 5.32 Å². The average molecular weight is 267 g/mol. The van der Waals surface area contributed by atoms with Crippen molar-refractivity contribution in [1.82, 2.24) is 9.38 Å². The lowest BCUT2D eigenvalue weighted by atomic mass is 10.1. The molecule has 3 rings (SSSR count). The summed E-state index contributed by atoms with van der Waals surface area (Å²) in [7, 11) is 0. The molecule has 3 aromatic rings. The van der Waals surface area contributed by atoms with Gasteiger partial charge in [-0.15, -0.1) is 0 Å². The van der Waals surface area contributed by atoms with E-state index in [-0.39, 0.29) is 0 Å². The molecule has 4 nitrogen and oxygen atoms in total. The topological polar surface area (TPSA) is 49.6 Å². The highest BCUT2D eigenvalue weighted by atomic mass is 16.3. The number of aliphatic hydroxyl groups excluding tert-OH is 1. The van der Waals surface area contributed by atoms with Gasteiger partial charge in [0, 0.05) is 23.6 Å². The van der Waals surface area contributed by atoms with Crippen LogP contribution in [0.1, 0.15) is 24.3 Å². The lowest BCUT2D eigenvalue weighted by molar-refractivity contribution is 0.200. The number of pyridine rings is 1. The summed E-state index contributed by atoms with van der Waals surface area (Å²) in [5.41, 5.74) is 3.75. The van der Waals surface area contributed by atoms with Crippen LogP contribution >= 0.6 is 0 Å². The van der Waals surface area contributed by atoms with Crippen molar-refractivity contribution in [2.45, 2.75) is 19.6 Å². The highest BCUT2D eigenvalue weighted by Crippen LogP contribution is 2.22. The summed E-state index contributed by atoms with van der Waals surface area (Å²) < 4.78 is 2.00. The van der Waals surface area contributed by atoms with E-state index in [2.05, 4.69) is 10.3 Å². The van der Waals surface area contributed by atoms with Crippen LogP contribution in [0.4, 0.5) is 5.69 Å². The maximum atomic E-state index is 9.76. The molecule has 0 saturated heterocycles. The molecule has 0 aliphatic carbocycles. The van der Waals surface area contributed by atoms with Crippen LogP contribution in [-0.4, -0.2) is 14.5 Å². The molecular weight excluding hydrogens is 250 g/mol. The van der Waals surface area contributed by atoms with Crippen molar-refractivity contribution >= 4 is 11.3 Å². The van der Waals surface area contributed by atoms with Gasteiger partial charge in [0.25, 0.3) is 0 Å². The fourth-order valence-corrected chi connectivity index (χ4v) is 2.28. The number of imidazole rings is 1. The molecule has 0 spiro atoms. The Kier molecular flexibility index (Phi) is 3.39. The van der Waals surface area contributed by atoms with Crippen molar-refractivity contribution in [2.24, 2.45) is 0 Å². The molecule has 4 heteroatoms. The van der Waals surface area contributed by atoms with Crippen molar-refractivity contribution in [2.75, 3.05) is 5.32 Å². The summed E-state index contributed by atoms with van der Waals surface area (Å²) in [6, 6.07) is 13.7. The Labute approximate surface area is 117 Å². The van der Waals surface area contributed by atoms with Crippen LogP contribution in [-0.2, 0) is 6.54 Å². The first-order valence-corrected chi connectivity index (χ1v) is 6.67. The first-order chi connectivity index (χ1) is 9.74. The van der Waals surface area contributed by atoms with Crippen LogP contribution in [0.5, 0.6) is 0 Å². The second-order valence-corrected chi connectivity index (χ2v) is 4.82. The van der Waals surface area contributed by atoms with Crippen molar-refractivity contribution in [3.05, 3.63) is 66.1 Å². The van der Waals surface area contributed by atoms with Crippen molar-refractivity contribution in [3.63, 3.8) is 0 Å². The Hall–Kier alpha value is -2.33. The molecule has 0 aliphatic heterocycles. The summed E-state index contributed by atoms with van der Waals surface area (Å²) in [6.45, 7) is 2.40. The van der Waals surface area contributed by atoms with E-state index in [1.54, 1.807) is 6.92 Å². The van der Waals surface area contributed by atoms with Crippen LogP contribution in [0.15, 0.2) is 54.9 Å². The maximum Gasteiger partial charge on any atom is 0.137 e. The predicted octanol–water partition coefficient (Wildman–Crippen LogP) is 3.00. The summed E-state index contributed by atoms with van der Waals surface area (Å²) in [5.74, 6) is 0. The smallest absolute Gasteiger partial charge is 0.137 e. The van der Waals surface area contributed by atoms with Crippen LogP contribution in [0.3, 0.4) is 0 Å². The summed E-state index contributed by atoms with van der Waals surface area (Å²) in [5, 5.41) is 13.1. The van der Waals surface area contributed by atoms with E-state index in [1.165, 1.54) is 0 Å². The van der Waals surface area contributed by atoms with E-state index in [0.29, 0.717) is 6.54 Å². The standard InChI is InChI=1S/C16H17N3O/c1-12(20)14-6-2-3-7-15(14)17-10-13-11-19-9-5-4-8-16(19)18-13/h2-9,11-12,17,20H,10H2,1H3. The summed E-state index contributed by atoms with van der Waals surface area (Å²) in [4.78, 5) is 4.54. The summed E-state index contributed by atoms with van der Waals surface area (Å²) in [6.07, 6.45) is 3.50. The number of hydrogen-bond donors (Lipinski definition) is 2. The number of hydrogen-bond acceptors (Lipinski definition) is 3. The molecule has 2 N–H and O–H groups in total. The lowest BCUT2D eigenvalue weighted by Crippen LogP contribution is -2.04. The number of aromatic nitrogens is 2. The normalized spacial score (nSPS) is 12.5. The number of fused-ring (bicyclic) bond motifs is 1. The van der Waals surface area contributed by atoms with E-state index in [9.17, 15) is 5.11 Å². The monoisotopic (exact) mass is 267 g/mol. The second kappa shape index (κ2) is 5.35.